The summed E-state index contributed by atoms with van der Waals surface area (Å²) in [5, 5.41) is 0. The second-order valence-electron chi connectivity index (χ2n) is 5.26. The Balaban J connectivity index is 1.82. The van der Waals surface area contributed by atoms with Crippen molar-refractivity contribution in [1.29, 1.82) is 0 Å². The van der Waals surface area contributed by atoms with E-state index in [9.17, 15) is 0 Å². The van der Waals surface area contributed by atoms with Crippen molar-refractivity contribution in [2.24, 2.45) is 5.84 Å². The molecule has 110 valence electrons. The summed E-state index contributed by atoms with van der Waals surface area (Å²) in [6.07, 6.45) is 5.58. The summed E-state index contributed by atoms with van der Waals surface area (Å²) in [7, 11) is 0. The van der Waals surface area contributed by atoms with E-state index in [1.807, 2.05) is 18.3 Å². The number of rotatable bonds is 4. The van der Waals surface area contributed by atoms with Crippen molar-refractivity contribution < 1.29 is 4.74 Å². The second-order valence-corrected chi connectivity index (χ2v) is 6.18. The maximum Gasteiger partial charge on any atom is 0.122 e. The molecule has 0 fully saturated rings. The van der Waals surface area contributed by atoms with Gasteiger partial charge in [0, 0.05) is 22.9 Å². The van der Waals surface area contributed by atoms with Crippen molar-refractivity contribution in [3.8, 4) is 5.75 Å². The number of para-hydroxylation sites is 1. The predicted molar refractivity (Wildman–Crippen MR) is 85.9 cm³/mol. The molecule has 1 aliphatic rings. The van der Waals surface area contributed by atoms with Crippen LogP contribution in [0.1, 0.15) is 35.9 Å². The molecular formula is C16H18BrN3O. The van der Waals surface area contributed by atoms with Gasteiger partial charge in [0.15, 0.2) is 0 Å². The number of nitrogens with two attached hydrogens (primary N) is 1. The fourth-order valence-corrected chi connectivity index (χ4v) is 3.25. The highest BCUT2D eigenvalue weighted by Crippen LogP contribution is 2.38. The molecule has 0 saturated carbocycles. The average molecular weight is 348 g/mol. The summed E-state index contributed by atoms with van der Waals surface area (Å²) in [4.78, 5) is 4.22. The number of pyridine rings is 1. The number of hydrogen-bond donors (Lipinski definition) is 2. The van der Waals surface area contributed by atoms with Gasteiger partial charge in [-0.25, -0.2) is 0 Å². The van der Waals surface area contributed by atoms with Crippen LogP contribution < -0.4 is 16.0 Å². The molecule has 2 unspecified atom stereocenters. The molecule has 3 N–H and O–H groups in total. The van der Waals surface area contributed by atoms with Gasteiger partial charge >= 0.3 is 0 Å². The van der Waals surface area contributed by atoms with E-state index in [0.717, 1.165) is 35.2 Å². The van der Waals surface area contributed by atoms with Crippen LogP contribution in [0.4, 0.5) is 0 Å². The lowest BCUT2D eigenvalue weighted by molar-refractivity contribution is 0.255. The molecule has 1 aliphatic heterocycles. The average Bonchev–Trinajstić information content (AvgIpc) is 2.52. The second kappa shape index (κ2) is 6.56. The molecule has 0 radical (unpaired) electrons. The van der Waals surface area contributed by atoms with Crippen LogP contribution >= 0.6 is 15.9 Å². The van der Waals surface area contributed by atoms with E-state index in [2.05, 4.69) is 44.5 Å². The van der Waals surface area contributed by atoms with Crippen LogP contribution in [0.3, 0.4) is 0 Å². The molecule has 1 aromatic carbocycles. The van der Waals surface area contributed by atoms with Crippen LogP contribution in [0.5, 0.6) is 5.75 Å². The first-order chi connectivity index (χ1) is 10.3. The molecule has 0 saturated heterocycles. The van der Waals surface area contributed by atoms with Gasteiger partial charge in [-0.1, -0.05) is 18.2 Å². The number of fused-ring (bicyclic) bond motifs is 1. The first kappa shape index (κ1) is 14.5. The van der Waals surface area contributed by atoms with Crippen molar-refractivity contribution in [2.45, 2.75) is 24.8 Å². The topological polar surface area (TPSA) is 60.2 Å². The largest absolute Gasteiger partial charge is 0.493 e. The zero-order valence-electron chi connectivity index (χ0n) is 11.6. The van der Waals surface area contributed by atoms with E-state index >= 15 is 0 Å². The van der Waals surface area contributed by atoms with E-state index < -0.39 is 0 Å². The van der Waals surface area contributed by atoms with Gasteiger partial charge in [0.2, 0.25) is 0 Å². The lowest BCUT2D eigenvalue weighted by Gasteiger charge is -2.29. The van der Waals surface area contributed by atoms with E-state index in [0.29, 0.717) is 5.92 Å². The Hall–Kier alpha value is -1.43. The number of benzene rings is 1. The first-order valence-corrected chi connectivity index (χ1v) is 7.85. The maximum atomic E-state index is 5.77. The van der Waals surface area contributed by atoms with E-state index in [1.165, 1.54) is 5.56 Å². The van der Waals surface area contributed by atoms with Crippen LogP contribution in [0.15, 0.2) is 47.2 Å². The molecule has 21 heavy (non-hydrogen) atoms. The van der Waals surface area contributed by atoms with Crippen LogP contribution in [0.2, 0.25) is 0 Å². The molecule has 3 rings (SSSR count). The smallest absolute Gasteiger partial charge is 0.122 e. The van der Waals surface area contributed by atoms with Gasteiger partial charge in [0.05, 0.1) is 6.61 Å². The van der Waals surface area contributed by atoms with Gasteiger partial charge < -0.3 is 4.74 Å². The van der Waals surface area contributed by atoms with Crippen LogP contribution in [0, 0.1) is 0 Å². The third-order valence-electron chi connectivity index (χ3n) is 3.93. The minimum absolute atomic E-state index is 0.0751. The summed E-state index contributed by atoms with van der Waals surface area (Å²) in [5.41, 5.74) is 5.29. The minimum atomic E-state index is 0.0751. The summed E-state index contributed by atoms with van der Waals surface area (Å²) in [6, 6.07) is 10.4. The van der Waals surface area contributed by atoms with Crippen molar-refractivity contribution >= 4 is 15.9 Å². The zero-order valence-corrected chi connectivity index (χ0v) is 13.2. The highest BCUT2D eigenvalue weighted by Gasteiger charge is 2.24. The molecule has 2 atom stereocenters. The van der Waals surface area contributed by atoms with Gasteiger partial charge in [-0.05, 0) is 57.9 Å². The molecule has 0 amide bonds. The molecule has 4 nitrogen and oxygen atoms in total. The quantitative estimate of drug-likeness (QED) is 0.657. The number of ether oxygens (including phenoxy) is 1. The number of hydrogen-bond acceptors (Lipinski definition) is 4. The van der Waals surface area contributed by atoms with Crippen LogP contribution in [-0.2, 0) is 0 Å². The third kappa shape index (κ3) is 3.26. The number of nitrogens with zero attached hydrogens (tertiary/aromatic N) is 1. The van der Waals surface area contributed by atoms with Crippen molar-refractivity contribution in [3.05, 3.63) is 58.3 Å². The van der Waals surface area contributed by atoms with E-state index in [1.54, 1.807) is 6.20 Å². The molecule has 0 bridgehead atoms. The molecule has 1 aromatic heterocycles. The number of nitrogens with one attached hydrogen (secondary N) is 1. The summed E-state index contributed by atoms with van der Waals surface area (Å²) < 4.78 is 6.69. The Kier molecular flexibility index (Phi) is 4.53. The Bertz CT molecular complexity index is 620. The summed E-state index contributed by atoms with van der Waals surface area (Å²) >= 11 is 3.46. The zero-order chi connectivity index (χ0) is 14.7. The first-order valence-electron chi connectivity index (χ1n) is 7.06. The van der Waals surface area contributed by atoms with E-state index in [-0.39, 0.29) is 6.04 Å². The molecule has 0 spiro atoms. The highest BCUT2D eigenvalue weighted by atomic mass is 79.9. The summed E-state index contributed by atoms with van der Waals surface area (Å²) in [6.45, 7) is 0.760. The van der Waals surface area contributed by atoms with Crippen molar-refractivity contribution in [1.82, 2.24) is 10.4 Å². The predicted octanol–water partition coefficient (Wildman–Crippen LogP) is 3.30. The van der Waals surface area contributed by atoms with Gasteiger partial charge in [-0.3, -0.25) is 16.3 Å². The molecule has 2 heterocycles. The third-order valence-corrected chi connectivity index (χ3v) is 4.37. The maximum absolute atomic E-state index is 5.77. The molecule has 0 aliphatic carbocycles. The monoisotopic (exact) mass is 347 g/mol. The minimum Gasteiger partial charge on any atom is -0.493 e. The highest BCUT2D eigenvalue weighted by molar-refractivity contribution is 9.10. The number of aromatic nitrogens is 1. The van der Waals surface area contributed by atoms with Gasteiger partial charge in [-0.2, -0.15) is 0 Å². The Morgan fingerprint density at radius 3 is 3.05 bits per heavy atom. The molecule has 2 aromatic rings. The van der Waals surface area contributed by atoms with Crippen LogP contribution in [0.25, 0.3) is 0 Å². The lowest BCUT2D eigenvalue weighted by atomic mass is 9.86. The Morgan fingerprint density at radius 1 is 1.38 bits per heavy atom. The number of hydrazine groups is 1. The van der Waals surface area contributed by atoms with Gasteiger partial charge in [0.1, 0.15) is 5.75 Å². The van der Waals surface area contributed by atoms with Gasteiger partial charge in [-0.15, -0.1) is 0 Å². The molecular weight excluding hydrogens is 330 g/mol. The summed E-state index contributed by atoms with van der Waals surface area (Å²) in [5.74, 6) is 7.20. The SMILES string of the molecule is NNC(CC1CCOc2ccccc21)c1cncc(Br)c1. The standard InChI is InChI=1S/C16H18BrN3O/c17-13-7-12(9-19-10-13)15(20-18)8-11-5-6-21-16-4-2-1-3-14(11)16/h1-4,7,9-11,15,20H,5-6,8,18H2. The molecule has 5 heteroatoms. The Labute approximate surface area is 132 Å². The fraction of sp³-hybridized carbons (Fsp3) is 0.312. The normalized spacial score (nSPS) is 18.7. The van der Waals surface area contributed by atoms with Crippen molar-refractivity contribution in [3.63, 3.8) is 0 Å². The van der Waals surface area contributed by atoms with Crippen LogP contribution in [-0.4, -0.2) is 11.6 Å². The lowest BCUT2D eigenvalue weighted by Crippen LogP contribution is -2.30. The Morgan fingerprint density at radius 2 is 2.24 bits per heavy atom. The van der Waals surface area contributed by atoms with Gasteiger partial charge in [0.25, 0.3) is 0 Å². The van der Waals surface area contributed by atoms with E-state index in [4.69, 9.17) is 10.6 Å². The van der Waals surface area contributed by atoms with Crippen molar-refractivity contribution in [2.75, 3.05) is 6.61 Å². The fourth-order valence-electron chi connectivity index (χ4n) is 2.86. The number of halogens is 1.